The molecule has 0 saturated carbocycles. The number of anilines is 2. The largest absolute Gasteiger partial charge is 0.354 e. The maximum Gasteiger partial charge on any atom is 0.252 e. The van der Waals surface area contributed by atoms with E-state index in [0.29, 0.717) is 11.3 Å². The number of sulfone groups is 1. The Morgan fingerprint density at radius 1 is 1.23 bits per heavy atom. The van der Waals surface area contributed by atoms with Gasteiger partial charge in [-0.15, -0.1) is 0 Å². The molecule has 2 rings (SSSR count). The van der Waals surface area contributed by atoms with Crippen LogP contribution >= 0.6 is 11.6 Å². The average molecular weight is 342 g/mol. The van der Waals surface area contributed by atoms with Gasteiger partial charge in [0.15, 0.2) is 9.84 Å². The summed E-state index contributed by atoms with van der Waals surface area (Å²) in [6.45, 7) is 1.64. The third-order valence-corrected chi connectivity index (χ3v) is 4.38. The first-order valence-corrected chi connectivity index (χ1v) is 8.52. The summed E-state index contributed by atoms with van der Waals surface area (Å²) in [7, 11) is -3.60. The molecule has 0 fully saturated rings. The van der Waals surface area contributed by atoms with Gasteiger partial charge >= 0.3 is 0 Å². The Bertz CT molecular complexity index is 850. The summed E-state index contributed by atoms with van der Waals surface area (Å²) in [5, 5.41) is 2.12. The average Bonchev–Trinajstić information content (AvgIpc) is 2.36. The standard InChI is InChI=1S/C15H13ClFNO3S/c1-9-6-13(18-11-5-3-4-10(17)7-11)14(22(2,20)21)8-12(9)15(16)19/h3-8,18H,1-2H3. The van der Waals surface area contributed by atoms with E-state index in [1.54, 1.807) is 13.0 Å². The summed E-state index contributed by atoms with van der Waals surface area (Å²) < 4.78 is 37.1. The second kappa shape index (κ2) is 6.06. The van der Waals surface area contributed by atoms with Gasteiger partial charge in [-0.3, -0.25) is 4.79 Å². The van der Waals surface area contributed by atoms with Crippen LogP contribution in [0.2, 0.25) is 0 Å². The van der Waals surface area contributed by atoms with E-state index in [9.17, 15) is 17.6 Å². The van der Waals surface area contributed by atoms with Gasteiger partial charge in [-0.1, -0.05) is 6.07 Å². The van der Waals surface area contributed by atoms with Crippen molar-refractivity contribution in [2.24, 2.45) is 0 Å². The van der Waals surface area contributed by atoms with E-state index in [4.69, 9.17) is 11.6 Å². The maximum atomic E-state index is 13.2. The maximum absolute atomic E-state index is 13.2. The number of carbonyl (C=O) groups excluding carboxylic acids is 1. The Kier molecular flexibility index (Phi) is 4.53. The Morgan fingerprint density at radius 2 is 1.91 bits per heavy atom. The van der Waals surface area contributed by atoms with Gasteiger partial charge in [-0.05, 0) is 54.4 Å². The highest BCUT2D eigenvalue weighted by Crippen LogP contribution is 2.29. The van der Waals surface area contributed by atoms with Crippen molar-refractivity contribution in [3.63, 3.8) is 0 Å². The molecule has 0 aromatic heterocycles. The zero-order valence-electron chi connectivity index (χ0n) is 11.9. The van der Waals surface area contributed by atoms with E-state index in [1.165, 1.54) is 30.3 Å². The van der Waals surface area contributed by atoms with E-state index in [0.717, 1.165) is 6.26 Å². The fourth-order valence-corrected chi connectivity index (χ4v) is 3.07. The van der Waals surface area contributed by atoms with Crippen LogP contribution in [-0.2, 0) is 9.84 Å². The summed E-state index contributed by atoms with van der Waals surface area (Å²) in [6, 6.07) is 8.34. The summed E-state index contributed by atoms with van der Waals surface area (Å²) >= 11 is 5.46. The van der Waals surface area contributed by atoms with Crippen molar-refractivity contribution in [2.75, 3.05) is 11.6 Å². The first kappa shape index (κ1) is 16.5. The van der Waals surface area contributed by atoms with E-state index < -0.39 is 20.9 Å². The van der Waals surface area contributed by atoms with Gasteiger partial charge < -0.3 is 5.32 Å². The van der Waals surface area contributed by atoms with Gasteiger partial charge in [0.25, 0.3) is 5.24 Å². The molecule has 2 aromatic carbocycles. The highest BCUT2D eigenvalue weighted by atomic mass is 35.5. The lowest BCUT2D eigenvalue weighted by Gasteiger charge is -2.14. The van der Waals surface area contributed by atoms with Crippen LogP contribution in [0.25, 0.3) is 0 Å². The molecule has 22 heavy (non-hydrogen) atoms. The predicted molar refractivity (Wildman–Crippen MR) is 84.2 cm³/mol. The molecule has 0 aliphatic rings. The number of carbonyl (C=O) groups is 1. The minimum Gasteiger partial charge on any atom is -0.354 e. The minimum atomic E-state index is -3.60. The fraction of sp³-hybridized carbons (Fsp3) is 0.133. The number of benzene rings is 2. The predicted octanol–water partition coefficient (Wildman–Crippen LogP) is 3.66. The van der Waals surface area contributed by atoms with Crippen molar-refractivity contribution in [3.8, 4) is 0 Å². The van der Waals surface area contributed by atoms with Crippen LogP contribution in [-0.4, -0.2) is 19.9 Å². The molecule has 116 valence electrons. The Balaban J connectivity index is 2.59. The second-order valence-corrected chi connectivity index (χ2v) is 7.17. The number of rotatable bonds is 4. The van der Waals surface area contributed by atoms with E-state index in [1.807, 2.05) is 0 Å². The molecular formula is C15H13ClFNO3S. The van der Waals surface area contributed by atoms with Crippen molar-refractivity contribution >= 4 is 38.1 Å². The first-order valence-electron chi connectivity index (χ1n) is 6.25. The third kappa shape index (κ3) is 3.64. The highest BCUT2D eigenvalue weighted by molar-refractivity contribution is 7.90. The molecule has 0 spiro atoms. The Hall–Kier alpha value is -1.92. The molecular weight excluding hydrogens is 329 g/mol. The molecule has 0 amide bonds. The zero-order chi connectivity index (χ0) is 16.5. The van der Waals surface area contributed by atoms with Gasteiger partial charge in [-0.25, -0.2) is 12.8 Å². The molecule has 0 saturated heterocycles. The van der Waals surface area contributed by atoms with E-state index >= 15 is 0 Å². The molecule has 4 nitrogen and oxygen atoms in total. The van der Waals surface area contributed by atoms with Crippen LogP contribution in [0.1, 0.15) is 15.9 Å². The first-order chi connectivity index (χ1) is 10.2. The number of hydrogen-bond acceptors (Lipinski definition) is 4. The van der Waals surface area contributed by atoms with Crippen LogP contribution in [0.15, 0.2) is 41.3 Å². The summed E-state index contributed by atoms with van der Waals surface area (Å²) in [6.07, 6.45) is 1.02. The lowest BCUT2D eigenvalue weighted by Crippen LogP contribution is -2.06. The summed E-state index contributed by atoms with van der Waals surface area (Å²) in [4.78, 5) is 11.3. The Labute approximate surface area is 132 Å². The molecule has 0 unspecified atom stereocenters. The number of hydrogen-bond donors (Lipinski definition) is 1. The molecule has 0 radical (unpaired) electrons. The smallest absolute Gasteiger partial charge is 0.252 e. The second-order valence-electron chi connectivity index (χ2n) is 4.84. The van der Waals surface area contributed by atoms with Gasteiger partial charge in [0.1, 0.15) is 5.82 Å². The van der Waals surface area contributed by atoms with Crippen LogP contribution in [0.5, 0.6) is 0 Å². The molecule has 7 heteroatoms. The van der Waals surface area contributed by atoms with Crippen molar-refractivity contribution in [2.45, 2.75) is 11.8 Å². The minimum absolute atomic E-state index is 0.0774. The van der Waals surface area contributed by atoms with Gasteiger partial charge in [-0.2, -0.15) is 0 Å². The number of nitrogens with one attached hydrogen (secondary N) is 1. The topological polar surface area (TPSA) is 63.2 Å². The van der Waals surface area contributed by atoms with Gasteiger partial charge in [0, 0.05) is 17.5 Å². The SMILES string of the molecule is Cc1cc(Nc2cccc(F)c2)c(S(C)(=O)=O)cc1C(=O)Cl. The number of aryl methyl sites for hydroxylation is 1. The van der Waals surface area contributed by atoms with Gasteiger partial charge in [0.2, 0.25) is 0 Å². The lowest BCUT2D eigenvalue weighted by atomic mass is 10.1. The quantitative estimate of drug-likeness (QED) is 0.862. The summed E-state index contributed by atoms with van der Waals surface area (Å²) in [5.74, 6) is -0.449. The molecule has 0 bridgehead atoms. The van der Waals surface area contributed by atoms with E-state index in [2.05, 4.69) is 5.32 Å². The Morgan fingerprint density at radius 3 is 2.45 bits per heavy atom. The molecule has 1 N–H and O–H groups in total. The summed E-state index contributed by atoms with van der Waals surface area (Å²) in [5.41, 5.74) is 1.29. The fourth-order valence-electron chi connectivity index (χ4n) is 2.03. The molecule has 0 aliphatic carbocycles. The number of halogens is 2. The monoisotopic (exact) mass is 341 g/mol. The van der Waals surface area contributed by atoms with E-state index in [-0.39, 0.29) is 16.1 Å². The lowest BCUT2D eigenvalue weighted by molar-refractivity contribution is 0.108. The van der Waals surface area contributed by atoms with Crippen LogP contribution in [0, 0.1) is 12.7 Å². The van der Waals surface area contributed by atoms with Crippen LogP contribution < -0.4 is 5.32 Å². The van der Waals surface area contributed by atoms with Crippen LogP contribution in [0.4, 0.5) is 15.8 Å². The molecule has 0 heterocycles. The van der Waals surface area contributed by atoms with Crippen molar-refractivity contribution < 1.29 is 17.6 Å². The molecule has 0 atom stereocenters. The highest BCUT2D eigenvalue weighted by Gasteiger charge is 2.18. The molecule has 2 aromatic rings. The zero-order valence-corrected chi connectivity index (χ0v) is 13.4. The van der Waals surface area contributed by atoms with Crippen LogP contribution in [0.3, 0.4) is 0 Å². The van der Waals surface area contributed by atoms with Gasteiger partial charge in [0.05, 0.1) is 10.6 Å². The van der Waals surface area contributed by atoms with Crippen molar-refractivity contribution in [3.05, 3.63) is 53.3 Å². The normalized spacial score (nSPS) is 11.3. The third-order valence-electron chi connectivity index (χ3n) is 3.04. The van der Waals surface area contributed by atoms with Crippen molar-refractivity contribution in [1.82, 2.24) is 0 Å². The molecule has 0 aliphatic heterocycles. The van der Waals surface area contributed by atoms with Crippen molar-refractivity contribution in [1.29, 1.82) is 0 Å².